The molecule has 0 radical (unpaired) electrons. The van der Waals surface area contributed by atoms with Gasteiger partial charge in [-0.2, -0.15) is 0 Å². The third-order valence-corrected chi connectivity index (χ3v) is 7.23. The van der Waals surface area contributed by atoms with Gasteiger partial charge < -0.3 is 20.5 Å². The van der Waals surface area contributed by atoms with Crippen molar-refractivity contribution in [3.63, 3.8) is 0 Å². The molecule has 1 aromatic rings. The number of primary amides is 1. The standard InChI is InChI=1S/C12H15N5O6S/c1-12(6-16-3-2-15(14-16)5-7(13)18)10(11(20)21)17-8(19)4-9(17)24(12,22)23/h2-3,9-10H,4-6H2,1H3,(H2-,13,18,20,21)/t9?,10-,12-/m0/s1. The Hall–Kier alpha value is -2.50. The first-order chi connectivity index (χ1) is 11.1. The lowest BCUT2D eigenvalue weighted by atomic mass is 9.96. The molecular weight excluding hydrogens is 342 g/mol. The maximum atomic E-state index is 12.7. The van der Waals surface area contributed by atoms with Crippen LogP contribution >= 0.6 is 0 Å². The van der Waals surface area contributed by atoms with Crippen molar-refractivity contribution < 1.29 is 32.6 Å². The first kappa shape index (κ1) is 16.4. The zero-order valence-electron chi connectivity index (χ0n) is 12.7. The second-order valence-corrected chi connectivity index (χ2v) is 8.65. The summed E-state index contributed by atoms with van der Waals surface area (Å²) in [7, 11) is -3.94. The van der Waals surface area contributed by atoms with Gasteiger partial charge in [0, 0.05) is 0 Å². The van der Waals surface area contributed by atoms with Crippen LogP contribution in [0.25, 0.3) is 0 Å². The molecule has 0 saturated carbocycles. The monoisotopic (exact) mass is 357 g/mol. The predicted molar refractivity (Wildman–Crippen MR) is 73.0 cm³/mol. The molecule has 3 rings (SSSR count). The minimum Gasteiger partial charge on any atom is -0.548 e. The Morgan fingerprint density at radius 2 is 2.21 bits per heavy atom. The summed E-state index contributed by atoms with van der Waals surface area (Å²) in [5, 5.41) is 14.3. The summed E-state index contributed by atoms with van der Waals surface area (Å²) in [6.07, 6.45) is 2.57. The van der Waals surface area contributed by atoms with Crippen molar-refractivity contribution in [1.82, 2.24) is 14.8 Å². The Kier molecular flexibility index (Phi) is 3.41. The summed E-state index contributed by atoms with van der Waals surface area (Å²) in [6, 6.07) is -1.59. The van der Waals surface area contributed by atoms with Crippen LogP contribution in [0.5, 0.6) is 0 Å². The highest BCUT2D eigenvalue weighted by Crippen LogP contribution is 2.46. The van der Waals surface area contributed by atoms with Crippen molar-refractivity contribution in [1.29, 1.82) is 0 Å². The summed E-state index contributed by atoms with van der Waals surface area (Å²) in [4.78, 5) is 34.9. The van der Waals surface area contributed by atoms with Gasteiger partial charge in [-0.25, -0.2) is 8.42 Å². The van der Waals surface area contributed by atoms with Gasteiger partial charge in [-0.1, -0.05) is 0 Å². The molecule has 2 aliphatic rings. The fourth-order valence-electron chi connectivity index (χ4n) is 3.28. The molecule has 1 unspecified atom stereocenters. The largest absolute Gasteiger partial charge is 0.548 e. The number of nitrogens with zero attached hydrogens (tertiary/aromatic N) is 4. The molecule has 11 nitrogen and oxygen atoms in total. The van der Waals surface area contributed by atoms with Gasteiger partial charge in [0.15, 0.2) is 28.8 Å². The predicted octanol–water partition coefficient (Wildman–Crippen LogP) is -4.48. The van der Waals surface area contributed by atoms with Crippen molar-refractivity contribution in [2.75, 3.05) is 0 Å². The lowest BCUT2D eigenvalue weighted by Crippen LogP contribution is -2.61. The molecule has 0 aromatic carbocycles. The fourth-order valence-corrected chi connectivity index (χ4v) is 5.64. The molecule has 2 amide bonds. The van der Waals surface area contributed by atoms with E-state index in [4.69, 9.17) is 5.73 Å². The number of carboxylic acids is 1. The average Bonchev–Trinajstić information content (AvgIpc) is 2.91. The van der Waals surface area contributed by atoms with Gasteiger partial charge >= 0.3 is 0 Å². The zero-order valence-corrected chi connectivity index (χ0v) is 13.5. The molecule has 12 heteroatoms. The quantitative estimate of drug-likeness (QED) is 0.411. The maximum Gasteiger partial charge on any atom is 0.261 e. The van der Waals surface area contributed by atoms with Crippen LogP contribution in [0.1, 0.15) is 13.3 Å². The van der Waals surface area contributed by atoms with Crippen LogP contribution < -0.4 is 15.5 Å². The molecule has 0 bridgehead atoms. The van der Waals surface area contributed by atoms with E-state index in [0.717, 1.165) is 4.90 Å². The van der Waals surface area contributed by atoms with Gasteiger partial charge in [0.25, 0.3) is 5.91 Å². The molecule has 1 aromatic heterocycles. The summed E-state index contributed by atoms with van der Waals surface area (Å²) in [5.74, 6) is -2.80. The van der Waals surface area contributed by atoms with E-state index in [1.807, 2.05) is 0 Å². The van der Waals surface area contributed by atoms with Gasteiger partial charge in [-0.3, -0.25) is 9.59 Å². The van der Waals surface area contributed by atoms with Crippen LogP contribution in [-0.2, 0) is 37.3 Å². The van der Waals surface area contributed by atoms with Crippen LogP contribution in [0.2, 0.25) is 0 Å². The SMILES string of the molecule is C[C@]1(Cn2cc[n+](CC(N)=O)n2)[C@H](C(=O)[O-])N2C(=O)CC2S1(=O)=O. The molecule has 0 spiro atoms. The van der Waals surface area contributed by atoms with Crippen LogP contribution in [0.3, 0.4) is 0 Å². The number of nitrogens with two attached hydrogens (primary N) is 1. The lowest BCUT2D eigenvalue weighted by Gasteiger charge is -2.38. The third-order valence-electron chi connectivity index (χ3n) is 4.47. The number of rotatable bonds is 5. The van der Waals surface area contributed by atoms with Crippen molar-refractivity contribution in [3.05, 3.63) is 12.4 Å². The number of carbonyl (C=O) groups is 3. The molecule has 3 heterocycles. The van der Waals surface area contributed by atoms with Crippen molar-refractivity contribution in [3.8, 4) is 0 Å². The van der Waals surface area contributed by atoms with Gasteiger partial charge in [-0.15, -0.1) is 9.36 Å². The number of aliphatic carboxylic acids is 1. The van der Waals surface area contributed by atoms with E-state index >= 15 is 0 Å². The van der Waals surface area contributed by atoms with Gasteiger partial charge in [0.1, 0.15) is 16.7 Å². The van der Waals surface area contributed by atoms with Gasteiger partial charge in [0.2, 0.25) is 5.91 Å². The van der Waals surface area contributed by atoms with Crippen LogP contribution in [0.15, 0.2) is 12.4 Å². The summed E-state index contributed by atoms with van der Waals surface area (Å²) >= 11 is 0. The van der Waals surface area contributed by atoms with Crippen molar-refractivity contribution >= 4 is 27.6 Å². The van der Waals surface area contributed by atoms with E-state index < -0.39 is 43.8 Å². The molecule has 2 N–H and O–H groups in total. The number of β-lactam (4-membered cyclic amide) rings is 1. The molecule has 2 aliphatic heterocycles. The minimum atomic E-state index is -3.94. The number of hydrogen-bond acceptors (Lipinski definition) is 7. The van der Waals surface area contributed by atoms with E-state index in [1.54, 1.807) is 0 Å². The average molecular weight is 357 g/mol. The zero-order chi connectivity index (χ0) is 17.9. The fraction of sp³-hybridized carbons (Fsp3) is 0.583. The smallest absolute Gasteiger partial charge is 0.261 e. The first-order valence-electron chi connectivity index (χ1n) is 7.05. The Morgan fingerprint density at radius 3 is 2.75 bits per heavy atom. The Balaban J connectivity index is 1.97. The molecule has 2 fully saturated rings. The third kappa shape index (κ3) is 2.09. The normalized spacial score (nSPS) is 30.7. The maximum absolute atomic E-state index is 12.7. The number of amides is 2. The minimum absolute atomic E-state index is 0.201. The number of carbonyl (C=O) groups excluding carboxylic acids is 3. The Labute approximate surface area is 136 Å². The van der Waals surface area contributed by atoms with E-state index in [1.165, 1.54) is 28.7 Å². The lowest BCUT2D eigenvalue weighted by molar-refractivity contribution is -0.743. The number of aromatic nitrogens is 3. The summed E-state index contributed by atoms with van der Waals surface area (Å²) in [5.41, 5.74) is 5.05. The number of fused-ring (bicyclic) bond motifs is 1. The Bertz CT molecular complexity index is 848. The Morgan fingerprint density at radius 1 is 1.54 bits per heavy atom. The van der Waals surface area contributed by atoms with E-state index in [-0.39, 0.29) is 19.5 Å². The van der Waals surface area contributed by atoms with Gasteiger partial charge in [-0.05, 0) is 6.92 Å². The van der Waals surface area contributed by atoms with E-state index in [2.05, 4.69) is 5.21 Å². The highest BCUT2D eigenvalue weighted by atomic mass is 32.2. The van der Waals surface area contributed by atoms with Crippen LogP contribution in [-0.4, -0.2) is 57.2 Å². The highest BCUT2D eigenvalue weighted by Gasteiger charge is 2.68. The van der Waals surface area contributed by atoms with Gasteiger partial charge in [0.05, 0.1) is 23.6 Å². The highest BCUT2D eigenvalue weighted by molar-refractivity contribution is 7.93. The molecule has 2 saturated heterocycles. The molecule has 3 atom stereocenters. The number of hydrogen-bond donors (Lipinski definition) is 1. The molecule has 0 aliphatic carbocycles. The second-order valence-electron chi connectivity index (χ2n) is 6.09. The van der Waals surface area contributed by atoms with E-state index in [0.29, 0.717) is 0 Å². The topological polar surface area (TPSA) is 159 Å². The second kappa shape index (κ2) is 5.00. The van der Waals surface area contributed by atoms with Crippen molar-refractivity contribution in [2.45, 2.75) is 42.6 Å². The first-order valence-corrected chi connectivity index (χ1v) is 8.59. The molecule has 130 valence electrons. The summed E-state index contributed by atoms with van der Waals surface area (Å²) < 4.78 is 26.0. The molecular formula is C12H15N5O6S. The van der Waals surface area contributed by atoms with Crippen LogP contribution in [0.4, 0.5) is 0 Å². The summed E-state index contributed by atoms with van der Waals surface area (Å²) in [6.45, 7) is 0.752. The number of sulfone groups is 1. The number of carboxylic acid groups (broad SMARTS) is 1. The van der Waals surface area contributed by atoms with Crippen molar-refractivity contribution in [2.24, 2.45) is 5.73 Å². The molecule has 24 heavy (non-hydrogen) atoms. The van der Waals surface area contributed by atoms with Crippen LogP contribution in [0, 0.1) is 0 Å². The van der Waals surface area contributed by atoms with E-state index in [9.17, 15) is 27.9 Å².